The lowest BCUT2D eigenvalue weighted by Gasteiger charge is -2.10. The van der Waals surface area contributed by atoms with Crippen LogP contribution < -0.4 is 11.1 Å². The van der Waals surface area contributed by atoms with E-state index in [1.165, 1.54) is 6.07 Å². The van der Waals surface area contributed by atoms with Crippen LogP contribution in [0.4, 0.5) is 17.1 Å². The summed E-state index contributed by atoms with van der Waals surface area (Å²) in [5.41, 5.74) is 7.29. The lowest BCUT2D eigenvalue weighted by atomic mass is 10.1. The number of aromatic carboxylic acids is 1. The normalized spacial score (nSPS) is 10.1. The molecule has 0 saturated carbocycles. The second kappa shape index (κ2) is 4.98. The third kappa shape index (κ3) is 2.73. The van der Waals surface area contributed by atoms with Gasteiger partial charge < -0.3 is 16.2 Å². The smallest absolute Gasteiger partial charge is 0.337 e. The van der Waals surface area contributed by atoms with Crippen molar-refractivity contribution < 1.29 is 9.90 Å². The molecule has 0 aliphatic rings. The van der Waals surface area contributed by atoms with Crippen LogP contribution in [0.2, 0.25) is 5.02 Å². The molecule has 5 heteroatoms. The molecule has 18 heavy (non-hydrogen) atoms. The quantitative estimate of drug-likeness (QED) is 0.742. The number of nitrogens with one attached hydrogen (secondary N) is 1. The molecule has 0 spiro atoms. The summed E-state index contributed by atoms with van der Waals surface area (Å²) < 4.78 is 0. The minimum Gasteiger partial charge on any atom is -0.478 e. The SMILES string of the molecule is Nc1ccc(Nc2cccc(Cl)c2)c(C(=O)O)c1. The Kier molecular flexibility index (Phi) is 3.39. The van der Waals surface area contributed by atoms with Crippen LogP contribution in [0.1, 0.15) is 10.4 Å². The number of hydrogen-bond donors (Lipinski definition) is 3. The van der Waals surface area contributed by atoms with Crippen molar-refractivity contribution in [3.63, 3.8) is 0 Å². The summed E-state index contributed by atoms with van der Waals surface area (Å²) in [5, 5.41) is 12.7. The molecule has 0 atom stereocenters. The molecule has 2 rings (SSSR count). The van der Waals surface area contributed by atoms with Gasteiger partial charge in [-0.05, 0) is 36.4 Å². The standard InChI is InChI=1S/C13H11ClN2O2/c14-8-2-1-3-10(6-8)16-12-5-4-9(15)7-11(12)13(17)18/h1-7,16H,15H2,(H,17,18). The number of hydrogen-bond acceptors (Lipinski definition) is 3. The van der Waals surface area contributed by atoms with Crippen LogP contribution in [0.25, 0.3) is 0 Å². The lowest BCUT2D eigenvalue weighted by Crippen LogP contribution is -2.03. The highest BCUT2D eigenvalue weighted by molar-refractivity contribution is 6.30. The Balaban J connectivity index is 2.37. The van der Waals surface area contributed by atoms with Gasteiger partial charge in [-0.15, -0.1) is 0 Å². The van der Waals surface area contributed by atoms with E-state index in [2.05, 4.69) is 5.32 Å². The highest BCUT2D eigenvalue weighted by Crippen LogP contribution is 2.24. The maximum Gasteiger partial charge on any atom is 0.337 e. The van der Waals surface area contributed by atoms with Crippen molar-refractivity contribution in [1.29, 1.82) is 0 Å². The number of nitrogens with two attached hydrogens (primary N) is 1. The average Bonchev–Trinajstić information content (AvgIpc) is 2.31. The molecule has 92 valence electrons. The molecular weight excluding hydrogens is 252 g/mol. The van der Waals surface area contributed by atoms with Crippen molar-refractivity contribution in [2.45, 2.75) is 0 Å². The van der Waals surface area contributed by atoms with Gasteiger partial charge in [-0.25, -0.2) is 4.79 Å². The van der Waals surface area contributed by atoms with Crippen LogP contribution in [0.5, 0.6) is 0 Å². The minimum absolute atomic E-state index is 0.120. The zero-order valence-corrected chi connectivity index (χ0v) is 10.1. The van der Waals surface area contributed by atoms with E-state index in [-0.39, 0.29) is 5.56 Å². The Morgan fingerprint density at radius 3 is 2.67 bits per heavy atom. The topological polar surface area (TPSA) is 75.3 Å². The second-order valence-corrected chi connectivity index (χ2v) is 4.18. The molecule has 0 aliphatic heterocycles. The molecule has 0 aliphatic carbocycles. The van der Waals surface area contributed by atoms with Crippen molar-refractivity contribution in [3.8, 4) is 0 Å². The number of carboxylic acid groups (broad SMARTS) is 1. The van der Waals surface area contributed by atoms with Crippen LogP contribution in [0.3, 0.4) is 0 Å². The minimum atomic E-state index is -1.04. The van der Waals surface area contributed by atoms with Gasteiger partial charge in [0.1, 0.15) is 0 Å². The predicted molar refractivity (Wildman–Crippen MR) is 72.5 cm³/mol. The molecule has 2 aromatic rings. The van der Waals surface area contributed by atoms with Gasteiger partial charge in [0.05, 0.1) is 11.3 Å². The fourth-order valence-electron chi connectivity index (χ4n) is 1.57. The van der Waals surface area contributed by atoms with E-state index >= 15 is 0 Å². The summed E-state index contributed by atoms with van der Waals surface area (Å²) in [5.74, 6) is -1.04. The van der Waals surface area contributed by atoms with Gasteiger partial charge in [-0.1, -0.05) is 17.7 Å². The first-order valence-corrected chi connectivity index (χ1v) is 5.59. The van der Waals surface area contributed by atoms with Crippen LogP contribution in [0, 0.1) is 0 Å². The molecule has 0 unspecified atom stereocenters. The van der Waals surface area contributed by atoms with Crippen molar-refractivity contribution in [2.75, 3.05) is 11.1 Å². The molecule has 4 N–H and O–H groups in total. The number of carboxylic acids is 1. The maximum atomic E-state index is 11.1. The average molecular weight is 263 g/mol. The highest BCUT2D eigenvalue weighted by Gasteiger charge is 2.10. The van der Waals surface area contributed by atoms with E-state index in [0.29, 0.717) is 16.4 Å². The van der Waals surface area contributed by atoms with Crippen LogP contribution in [-0.4, -0.2) is 11.1 Å². The first kappa shape index (κ1) is 12.3. The van der Waals surface area contributed by atoms with Crippen molar-refractivity contribution in [3.05, 3.63) is 53.1 Å². The molecule has 0 fully saturated rings. The third-order valence-corrected chi connectivity index (χ3v) is 2.61. The van der Waals surface area contributed by atoms with E-state index in [0.717, 1.165) is 5.69 Å². The van der Waals surface area contributed by atoms with Gasteiger partial charge in [0, 0.05) is 16.4 Å². The summed E-state index contributed by atoms with van der Waals surface area (Å²) in [6.07, 6.45) is 0. The van der Waals surface area contributed by atoms with Gasteiger partial charge in [0.2, 0.25) is 0 Å². The van der Waals surface area contributed by atoms with Gasteiger partial charge in [0.15, 0.2) is 0 Å². The van der Waals surface area contributed by atoms with E-state index < -0.39 is 5.97 Å². The van der Waals surface area contributed by atoms with Gasteiger partial charge in [0.25, 0.3) is 0 Å². The first-order valence-electron chi connectivity index (χ1n) is 5.21. The number of nitrogen functional groups attached to an aromatic ring is 1. The Labute approximate surface area is 109 Å². The zero-order valence-electron chi connectivity index (χ0n) is 9.35. The predicted octanol–water partition coefficient (Wildman–Crippen LogP) is 3.36. The van der Waals surface area contributed by atoms with E-state index in [1.54, 1.807) is 36.4 Å². The first-order chi connectivity index (χ1) is 8.56. The second-order valence-electron chi connectivity index (χ2n) is 3.75. The van der Waals surface area contributed by atoms with Crippen LogP contribution in [0.15, 0.2) is 42.5 Å². The van der Waals surface area contributed by atoms with E-state index in [4.69, 9.17) is 22.4 Å². The van der Waals surface area contributed by atoms with Crippen molar-refractivity contribution in [2.24, 2.45) is 0 Å². The zero-order chi connectivity index (χ0) is 13.1. The summed E-state index contributed by atoms with van der Waals surface area (Å²) in [4.78, 5) is 11.1. The number of halogens is 1. The molecule has 2 aromatic carbocycles. The number of carbonyl (C=O) groups is 1. The number of benzene rings is 2. The summed E-state index contributed by atoms with van der Waals surface area (Å²) >= 11 is 5.86. The third-order valence-electron chi connectivity index (χ3n) is 2.38. The molecule has 0 amide bonds. The van der Waals surface area contributed by atoms with Crippen molar-refractivity contribution in [1.82, 2.24) is 0 Å². The highest BCUT2D eigenvalue weighted by atomic mass is 35.5. The molecule has 0 aromatic heterocycles. The van der Waals surface area contributed by atoms with Gasteiger partial charge >= 0.3 is 5.97 Å². The fourth-order valence-corrected chi connectivity index (χ4v) is 1.76. The molecule has 0 bridgehead atoms. The molecule has 0 saturated heterocycles. The molecule has 0 heterocycles. The summed E-state index contributed by atoms with van der Waals surface area (Å²) in [7, 11) is 0. The summed E-state index contributed by atoms with van der Waals surface area (Å²) in [6, 6.07) is 11.7. The Morgan fingerprint density at radius 2 is 2.00 bits per heavy atom. The Hall–Kier alpha value is -2.20. The number of anilines is 3. The van der Waals surface area contributed by atoms with Crippen LogP contribution >= 0.6 is 11.6 Å². The Bertz CT molecular complexity index is 599. The molecule has 0 radical (unpaired) electrons. The van der Waals surface area contributed by atoms with E-state index in [1.807, 2.05) is 0 Å². The van der Waals surface area contributed by atoms with Gasteiger partial charge in [-0.2, -0.15) is 0 Å². The lowest BCUT2D eigenvalue weighted by molar-refractivity contribution is 0.0698. The number of rotatable bonds is 3. The van der Waals surface area contributed by atoms with E-state index in [9.17, 15) is 4.79 Å². The molecule has 4 nitrogen and oxygen atoms in total. The Morgan fingerprint density at radius 1 is 1.22 bits per heavy atom. The molecular formula is C13H11ClN2O2. The van der Waals surface area contributed by atoms with Gasteiger partial charge in [-0.3, -0.25) is 0 Å². The summed E-state index contributed by atoms with van der Waals surface area (Å²) in [6.45, 7) is 0. The largest absolute Gasteiger partial charge is 0.478 e. The maximum absolute atomic E-state index is 11.1. The van der Waals surface area contributed by atoms with Crippen LogP contribution in [-0.2, 0) is 0 Å². The monoisotopic (exact) mass is 262 g/mol. The van der Waals surface area contributed by atoms with Crippen molar-refractivity contribution >= 4 is 34.6 Å². The fraction of sp³-hybridized carbons (Fsp3) is 0.